The molecule has 1 saturated carbocycles. The number of alkyl halides is 2. The quantitative estimate of drug-likeness (QED) is 0.918. The second-order valence-electron chi connectivity index (χ2n) is 5.22. The Hall–Kier alpha value is -2.28. The summed E-state index contributed by atoms with van der Waals surface area (Å²) in [6.45, 7) is -2.87. The topological polar surface area (TPSA) is 74.2 Å². The first-order valence-electron chi connectivity index (χ1n) is 6.92. The molecule has 0 atom stereocenters. The van der Waals surface area contributed by atoms with E-state index in [1.807, 2.05) is 0 Å². The number of rotatable bonds is 5. The molecule has 7 heteroatoms. The van der Waals surface area contributed by atoms with Crippen molar-refractivity contribution in [2.45, 2.75) is 31.4 Å². The van der Waals surface area contributed by atoms with Crippen molar-refractivity contribution in [2.75, 3.05) is 0 Å². The van der Waals surface area contributed by atoms with Crippen LogP contribution in [0.25, 0.3) is 12.2 Å². The van der Waals surface area contributed by atoms with E-state index in [4.69, 9.17) is 10.3 Å². The van der Waals surface area contributed by atoms with E-state index in [1.165, 1.54) is 6.07 Å². The highest BCUT2D eigenvalue weighted by molar-refractivity contribution is 5.69. The van der Waals surface area contributed by atoms with Crippen LogP contribution in [0.5, 0.6) is 5.75 Å². The van der Waals surface area contributed by atoms with Gasteiger partial charge in [-0.15, -0.1) is 0 Å². The van der Waals surface area contributed by atoms with E-state index in [-0.39, 0.29) is 11.6 Å². The molecular formula is C15H15F2N3O2. The van der Waals surface area contributed by atoms with Crippen molar-refractivity contribution in [3.63, 3.8) is 0 Å². The molecule has 0 radical (unpaired) electrons. The summed E-state index contributed by atoms with van der Waals surface area (Å²) in [4.78, 5) is 4.23. The standard InChI is InChI=1S/C15H15F2N3O2/c16-14(17)21-11-5-2-1-4-10(11)6-7-12-19-13(20-22-12)15(18)8-3-9-15/h1-2,4-7,14H,3,8-9,18H2/b7-6+. The molecule has 1 aromatic heterocycles. The summed E-state index contributed by atoms with van der Waals surface area (Å²) in [5.74, 6) is 0.844. The van der Waals surface area contributed by atoms with Gasteiger partial charge in [0.2, 0.25) is 0 Å². The van der Waals surface area contributed by atoms with Crippen LogP contribution in [0.3, 0.4) is 0 Å². The van der Waals surface area contributed by atoms with Gasteiger partial charge < -0.3 is 15.0 Å². The highest BCUT2D eigenvalue weighted by Crippen LogP contribution is 2.37. The lowest BCUT2D eigenvalue weighted by atomic mass is 9.77. The number of para-hydroxylation sites is 1. The van der Waals surface area contributed by atoms with Gasteiger partial charge in [-0.05, 0) is 31.4 Å². The van der Waals surface area contributed by atoms with E-state index in [0.29, 0.717) is 11.4 Å². The summed E-state index contributed by atoms with van der Waals surface area (Å²) in [5.41, 5.74) is 6.11. The van der Waals surface area contributed by atoms with E-state index >= 15 is 0 Å². The molecule has 5 nitrogen and oxygen atoms in total. The zero-order valence-corrected chi connectivity index (χ0v) is 11.7. The Morgan fingerprint density at radius 3 is 2.73 bits per heavy atom. The van der Waals surface area contributed by atoms with Crippen LogP contribution >= 0.6 is 0 Å². The van der Waals surface area contributed by atoms with Crippen molar-refractivity contribution < 1.29 is 18.0 Å². The molecule has 0 saturated heterocycles. The third-order valence-corrected chi connectivity index (χ3v) is 3.67. The number of nitrogens with two attached hydrogens (primary N) is 1. The van der Waals surface area contributed by atoms with Gasteiger partial charge in [0.1, 0.15) is 5.75 Å². The van der Waals surface area contributed by atoms with Crippen LogP contribution in [0.4, 0.5) is 8.78 Å². The highest BCUT2D eigenvalue weighted by Gasteiger charge is 2.38. The molecule has 0 spiro atoms. The fraction of sp³-hybridized carbons (Fsp3) is 0.333. The maximum absolute atomic E-state index is 12.3. The number of benzene rings is 1. The zero-order valence-electron chi connectivity index (χ0n) is 11.7. The lowest BCUT2D eigenvalue weighted by Gasteiger charge is -2.34. The second-order valence-corrected chi connectivity index (χ2v) is 5.22. The molecular weight excluding hydrogens is 292 g/mol. The van der Waals surface area contributed by atoms with Gasteiger partial charge in [-0.3, -0.25) is 0 Å². The first-order valence-corrected chi connectivity index (χ1v) is 6.92. The smallest absolute Gasteiger partial charge is 0.387 e. The van der Waals surface area contributed by atoms with E-state index < -0.39 is 12.2 Å². The maximum atomic E-state index is 12.3. The predicted octanol–water partition coefficient (Wildman–Crippen LogP) is 3.18. The summed E-state index contributed by atoms with van der Waals surface area (Å²) in [7, 11) is 0. The van der Waals surface area contributed by atoms with Gasteiger partial charge in [0.15, 0.2) is 5.82 Å². The Morgan fingerprint density at radius 1 is 1.27 bits per heavy atom. The third kappa shape index (κ3) is 2.99. The van der Waals surface area contributed by atoms with Crippen LogP contribution < -0.4 is 10.5 Å². The Balaban J connectivity index is 1.77. The highest BCUT2D eigenvalue weighted by atomic mass is 19.3. The monoisotopic (exact) mass is 307 g/mol. The van der Waals surface area contributed by atoms with Crippen LogP contribution in [0.15, 0.2) is 28.8 Å². The average Bonchev–Trinajstić information content (AvgIpc) is 2.92. The van der Waals surface area contributed by atoms with Crippen LogP contribution in [0.2, 0.25) is 0 Å². The first kappa shape index (κ1) is 14.6. The fourth-order valence-corrected chi connectivity index (χ4v) is 2.27. The Labute approximate surface area is 125 Å². The van der Waals surface area contributed by atoms with Crippen LogP contribution in [-0.2, 0) is 5.54 Å². The van der Waals surface area contributed by atoms with Crippen molar-refractivity contribution in [3.05, 3.63) is 41.5 Å². The molecule has 0 amide bonds. The Morgan fingerprint density at radius 2 is 2.05 bits per heavy atom. The van der Waals surface area contributed by atoms with Gasteiger partial charge in [-0.2, -0.15) is 13.8 Å². The molecule has 0 unspecified atom stereocenters. The van der Waals surface area contributed by atoms with Crippen molar-refractivity contribution >= 4 is 12.2 Å². The van der Waals surface area contributed by atoms with E-state index in [0.717, 1.165) is 19.3 Å². The SMILES string of the molecule is NC1(c2noc(/C=C/c3ccccc3OC(F)F)n2)CCC1. The Bertz CT molecular complexity index is 681. The van der Waals surface area contributed by atoms with Crippen molar-refractivity contribution in [1.82, 2.24) is 10.1 Å². The summed E-state index contributed by atoms with van der Waals surface area (Å²) >= 11 is 0. The first-order chi connectivity index (χ1) is 10.6. The van der Waals surface area contributed by atoms with Gasteiger partial charge >= 0.3 is 6.61 Å². The van der Waals surface area contributed by atoms with Crippen LogP contribution in [0.1, 0.15) is 36.5 Å². The van der Waals surface area contributed by atoms with Crippen molar-refractivity contribution in [2.24, 2.45) is 5.73 Å². The van der Waals surface area contributed by atoms with E-state index in [2.05, 4.69) is 14.9 Å². The normalized spacial score (nSPS) is 16.9. The Kier molecular flexibility index (Phi) is 3.89. The average molecular weight is 307 g/mol. The number of hydrogen-bond acceptors (Lipinski definition) is 5. The molecule has 116 valence electrons. The predicted molar refractivity (Wildman–Crippen MR) is 76.0 cm³/mol. The number of halogens is 2. The van der Waals surface area contributed by atoms with Crippen molar-refractivity contribution in [1.29, 1.82) is 0 Å². The third-order valence-electron chi connectivity index (χ3n) is 3.67. The summed E-state index contributed by atoms with van der Waals surface area (Å²) in [6.07, 6.45) is 5.85. The van der Waals surface area contributed by atoms with Gasteiger partial charge in [0.25, 0.3) is 5.89 Å². The molecule has 1 aromatic carbocycles. The molecule has 2 N–H and O–H groups in total. The van der Waals surface area contributed by atoms with Gasteiger partial charge in [-0.1, -0.05) is 23.4 Å². The van der Waals surface area contributed by atoms with Crippen molar-refractivity contribution in [3.8, 4) is 5.75 Å². The molecule has 0 aliphatic heterocycles. The minimum atomic E-state index is -2.87. The van der Waals surface area contributed by atoms with Crippen LogP contribution in [-0.4, -0.2) is 16.8 Å². The molecule has 1 fully saturated rings. The van der Waals surface area contributed by atoms with E-state index in [1.54, 1.807) is 30.4 Å². The summed E-state index contributed by atoms with van der Waals surface area (Å²) in [6, 6.07) is 6.46. The van der Waals surface area contributed by atoms with Gasteiger partial charge in [0, 0.05) is 11.6 Å². The number of nitrogens with zero attached hydrogens (tertiary/aromatic N) is 2. The number of aromatic nitrogens is 2. The molecule has 1 heterocycles. The number of hydrogen-bond donors (Lipinski definition) is 1. The fourth-order valence-electron chi connectivity index (χ4n) is 2.27. The lowest BCUT2D eigenvalue weighted by molar-refractivity contribution is -0.0499. The zero-order chi connectivity index (χ0) is 15.6. The molecule has 1 aliphatic carbocycles. The molecule has 22 heavy (non-hydrogen) atoms. The lowest BCUT2D eigenvalue weighted by Crippen LogP contribution is -2.44. The molecule has 2 aromatic rings. The minimum Gasteiger partial charge on any atom is -0.434 e. The molecule has 1 aliphatic rings. The van der Waals surface area contributed by atoms with Gasteiger partial charge in [-0.25, -0.2) is 0 Å². The molecule has 0 bridgehead atoms. The summed E-state index contributed by atoms with van der Waals surface area (Å²) < 4.78 is 34.2. The van der Waals surface area contributed by atoms with E-state index in [9.17, 15) is 8.78 Å². The minimum absolute atomic E-state index is 0.0859. The molecule has 3 rings (SSSR count). The second kappa shape index (κ2) is 5.84. The van der Waals surface area contributed by atoms with Gasteiger partial charge in [0.05, 0.1) is 5.54 Å². The summed E-state index contributed by atoms with van der Waals surface area (Å²) in [5, 5.41) is 3.88. The maximum Gasteiger partial charge on any atom is 0.387 e. The number of ether oxygens (including phenoxy) is 1. The van der Waals surface area contributed by atoms with Crippen LogP contribution in [0, 0.1) is 0 Å². The largest absolute Gasteiger partial charge is 0.434 e.